The van der Waals surface area contributed by atoms with Crippen molar-refractivity contribution >= 4 is 28.9 Å². The monoisotopic (exact) mass is 405 g/mol. The predicted molar refractivity (Wildman–Crippen MR) is 118 cm³/mol. The van der Waals surface area contributed by atoms with Crippen LogP contribution in [0.15, 0.2) is 72.8 Å². The topological polar surface area (TPSA) is 88.7 Å². The molecule has 3 aromatic carbocycles. The van der Waals surface area contributed by atoms with E-state index in [-0.39, 0.29) is 18.4 Å². The SMILES string of the molecule is COc1ccc(NC(=O)c2ccccc2NCC(=O)Nc2ccccc2OC)cc1. The van der Waals surface area contributed by atoms with Gasteiger partial charge in [-0.25, -0.2) is 0 Å². The normalized spacial score (nSPS) is 10.1. The molecule has 7 nitrogen and oxygen atoms in total. The Labute approximate surface area is 175 Å². The number of ether oxygens (including phenoxy) is 2. The number of para-hydroxylation sites is 3. The highest BCUT2D eigenvalue weighted by Crippen LogP contribution is 2.23. The number of methoxy groups -OCH3 is 2. The highest BCUT2D eigenvalue weighted by molar-refractivity contribution is 6.08. The molecule has 3 aromatic rings. The van der Waals surface area contributed by atoms with Crippen LogP contribution in [0.25, 0.3) is 0 Å². The summed E-state index contributed by atoms with van der Waals surface area (Å²) < 4.78 is 10.4. The number of nitrogens with one attached hydrogen (secondary N) is 3. The fourth-order valence-electron chi connectivity index (χ4n) is 2.83. The number of amides is 2. The average molecular weight is 405 g/mol. The van der Waals surface area contributed by atoms with E-state index in [9.17, 15) is 9.59 Å². The number of rotatable bonds is 8. The Balaban J connectivity index is 1.64. The molecule has 3 N–H and O–H groups in total. The van der Waals surface area contributed by atoms with Gasteiger partial charge in [-0.2, -0.15) is 0 Å². The molecule has 0 saturated heterocycles. The number of carbonyl (C=O) groups excluding carboxylic acids is 2. The lowest BCUT2D eigenvalue weighted by atomic mass is 10.1. The molecule has 0 saturated carbocycles. The van der Waals surface area contributed by atoms with E-state index in [0.717, 1.165) is 0 Å². The summed E-state index contributed by atoms with van der Waals surface area (Å²) in [5.74, 6) is 0.736. The number of hydrogen-bond acceptors (Lipinski definition) is 5. The van der Waals surface area contributed by atoms with Crippen molar-refractivity contribution in [3.63, 3.8) is 0 Å². The number of hydrogen-bond donors (Lipinski definition) is 3. The van der Waals surface area contributed by atoms with Gasteiger partial charge in [0, 0.05) is 11.4 Å². The molecule has 3 rings (SSSR count). The first-order valence-electron chi connectivity index (χ1n) is 9.32. The van der Waals surface area contributed by atoms with E-state index >= 15 is 0 Å². The van der Waals surface area contributed by atoms with Gasteiger partial charge in [0.05, 0.1) is 32.0 Å². The minimum absolute atomic E-state index is 0.00905. The smallest absolute Gasteiger partial charge is 0.257 e. The Morgan fingerprint density at radius 3 is 2.13 bits per heavy atom. The van der Waals surface area contributed by atoms with Crippen molar-refractivity contribution in [1.82, 2.24) is 0 Å². The van der Waals surface area contributed by atoms with Crippen molar-refractivity contribution in [3.8, 4) is 11.5 Å². The molecule has 2 amide bonds. The first-order valence-corrected chi connectivity index (χ1v) is 9.32. The summed E-state index contributed by atoms with van der Waals surface area (Å²) in [4.78, 5) is 25.1. The Morgan fingerprint density at radius 1 is 0.767 bits per heavy atom. The molecule has 0 fully saturated rings. The highest BCUT2D eigenvalue weighted by Gasteiger charge is 2.13. The van der Waals surface area contributed by atoms with Crippen LogP contribution in [0, 0.1) is 0 Å². The van der Waals surface area contributed by atoms with Gasteiger partial charge in [-0.1, -0.05) is 24.3 Å². The number of anilines is 3. The summed E-state index contributed by atoms with van der Waals surface area (Å²) in [6, 6.07) is 21.2. The Kier molecular flexibility index (Phi) is 6.89. The van der Waals surface area contributed by atoms with E-state index in [1.807, 2.05) is 12.1 Å². The summed E-state index contributed by atoms with van der Waals surface area (Å²) in [5, 5.41) is 8.66. The summed E-state index contributed by atoms with van der Waals surface area (Å²) in [6.45, 7) is -0.00905. The molecule has 0 heterocycles. The third kappa shape index (κ3) is 5.29. The zero-order valence-corrected chi connectivity index (χ0v) is 16.8. The van der Waals surface area contributed by atoms with Crippen molar-refractivity contribution in [1.29, 1.82) is 0 Å². The van der Waals surface area contributed by atoms with E-state index in [2.05, 4.69) is 16.0 Å². The molecule has 0 radical (unpaired) electrons. The van der Waals surface area contributed by atoms with Crippen molar-refractivity contribution in [2.24, 2.45) is 0 Å². The fraction of sp³-hybridized carbons (Fsp3) is 0.130. The molecule has 30 heavy (non-hydrogen) atoms. The Hall–Kier alpha value is -4.00. The maximum Gasteiger partial charge on any atom is 0.257 e. The van der Waals surface area contributed by atoms with Crippen LogP contribution in [0.1, 0.15) is 10.4 Å². The zero-order valence-electron chi connectivity index (χ0n) is 16.8. The molecule has 0 spiro atoms. The quantitative estimate of drug-likeness (QED) is 0.527. The minimum atomic E-state index is -0.284. The van der Waals surface area contributed by atoms with Crippen LogP contribution in [0.4, 0.5) is 17.1 Å². The molecule has 0 aromatic heterocycles. The van der Waals surface area contributed by atoms with E-state index in [1.165, 1.54) is 0 Å². The van der Waals surface area contributed by atoms with Crippen LogP contribution in [-0.2, 0) is 4.79 Å². The van der Waals surface area contributed by atoms with Gasteiger partial charge in [0.1, 0.15) is 11.5 Å². The lowest BCUT2D eigenvalue weighted by molar-refractivity contribution is -0.114. The lowest BCUT2D eigenvalue weighted by Gasteiger charge is -2.13. The van der Waals surface area contributed by atoms with Gasteiger partial charge >= 0.3 is 0 Å². The molecule has 0 aliphatic rings. The average Bonchev–Trinajstić information content (AvgIpc) is 2.78. The maximum atomic E-state index is 12.7. The summed E-state index contributed by atoms with van der Waals surface area (Å²) in [6.07, 6.45) is 0. The third-order valence-corrected chi connectivity index (χ3v) is 4.34. The van der Waals surface area contributed by atoms with Crippen LogP contribution in [-0.4, -0.2) is 32.6 Å². The van der Waals surface area contributed by atoms with Crippen molar-refractivity contribution in [2.75, 3.05) is 36.7 Å². The Morgan fingerprint density at radius 2 is 1.43 bits per heavy atom. The van der Waals surface area contributed by atoms with Crippen LogP contribution in [0.2, 0.25) is 0 Å². The zero-order chi connectivity index (χ0) is 21.3. The van der Waals surface area contributed by atoms with E-state index in [0.29, 0.717) is 34.1 Å². The summed E-state index contributed by atoms with van der Waals surface area (Å²) in [7, 11) is 3.13. The molecule has 7 heteroatoms. The van der Waals surface area contributed by atoms with Crippen molar-refractivity contribution in [3.05, 3.63) is 78.4 Å². The maximum absolute atomic E-state index is 12.7. The van der Waals surface area contributed by atoms with E-state index in [1.54, 1.807) is 74.9 Å². The molecule has 0 bridgehead atoms. The molecule has 0 aliphatic carbocycles. The first kappa shape index (κ1) is 20.7. The molecule has 0 atom stereocenters. The lowest BCUT2D eigenvalue weighted by Crippen LogP contribution is -2.23. The number of carbonyl (C=O) groups is 2. The molecule has 0 aliphatic heterocycles. The molecular formula is C23H23N3O4. The minimum Gasteiger partial charge on any atom is -0.497 e. The van der Waals surface area contributed by atoms with Gasteiger partial charge in [-0.3, -0.25) is 9.59 Å². The van der Waals surface area contributed by atoms with E-state index < -0.39 is 0 Å². The fourth-order valence-corrected chi connectivity index (χ4v) is 2.83. The highest BCUT2D eigenvalue weighted by atomic mass is 16.5. The Bertz CT molecular complexity index is 1020. The van der Waals surface area contributed by atoms with Crippen LogP contribution in [0.5, 0.6) is 11.5 Å². The second-order valence-corrected chi connectivity index (χ2v) is 6.33. The van der Waals surface area contributed by atoms with Crippen LogP contribution >= 0.6 is 0 Å². The van der Waals surface area contributed by atoms with Gasteiger partial charge in [-0.05, 0) is 48.5 Å². The van der Waals surface area contributed by atoms with Crippen LogP contribution < -0.4 is 25.4 Å². The van der Waals surface area contributed by atoms with Gasteiger partial charge < -0.3 is 25.4 Å². The predicted octanol–water partition coefficient (Wildman–Crippen LogP) is 4.01. The molecular weight excluding hydrogens is 382 g/mol. The van der Waals surface area contributed by atoms with Gasteiger partial charge in [0.15, 0.2) is 0 Å². The first-order chi connectivity index (χ1) is 14.6. The molecule has 154 valence electrons. The van der Waals surface area contributed by atoms with E-state index in [4.69, 9.17) is 9.47 Å². The van der Waals surface area contributed by atoms with Crippen LogP contribution in [0.3, 0.4) is 0 Å². The van der Waals surface area contributed by atoms with Crippen molar-refractivity contribution in [2.45, 2.75) is 0 Å². The second kappa shape index (κ2) is 9.97. The molecule has 0 unspecified atom stereocenters. The largest absolute Gasteiger partial charge is 0.497 e. The summed E-state index contributed by atoms with van der Waals surface area (Å²) >= 11 is 0. The number of benzene rings is 3. The van der Waals surface area contributed by atoms with Gasteiger partial charge in [0.25, 0.3) is 5.91 Å². The van der Waals surface area contributed by atoms with Gasteiger partial charge in [0.2, 0.25) is 5.91 Å². The standard InChI is InChI=1S/C23H23N3O4/c1-29-17-13-11-16(12-14-17)25-23(28)18-7-3-4-8-19(18)24-15-22(27)26-20-9-5-6-10-21(20)30-2/h3-14,24H,15H2,1-2H3,(H,25,28)(H,26,27). The third-order valence-electron chi connectivity index (χ3n) is 4.34. The summed E-state index contributed by atoms with van der Waals surface area (Å²) in [5.41, 5.74) is 2.21. The second-order valence-electron chi connectivity index (χ2n) is 6.33. The van der Waals surface area contributed by atoms with Crippen molar-refractivity contribution < 1.29 is 19.1 Å². The van der Waals surface area contributed by atoms with Gasteiger partial charge in [-0.15, -0.1) is 0 Å².